The Balaban J connectivity index is 1.48. The third kappa shape index (κ3) is 3.07. The van der Waals surface area contributed by atoms with E-state index < -0.39 is 5.41 Å². The zero-order valence-corrected chi connectivity index (χ0v) is 19.3. The van der Waals surface area contributed by atoms with E-state index in [4.69, 9.17) is 4.98 Å². The largest absolute Gasteiger partial charge is 0.305 e. The van der Waals surface area contributed by atoms with Crippen molar-refractivity contribution >= 4 is 34.3 Å². The third-order valence-electron chi connectivity index (χ3n) is 6.82. The number of rotatable bonds is 4. The second-order valence-electron chi connectivity index (χ2n) is 8.77. The fraction of sp³-hybridized carbons (Fsp3) is 0.231. The number of hydrogen-bond donors (Lipinski definition) is 0. The molecule has 1 saturated heterocycles. The Morgan fingerprint density at radius 2 is 1.91 bits per heavy atom. The van der Waals surface area contributed by atoms with Crippen molar-refractivity contribution in [1.82, 2.24) is 19.5 Å². The molecule has 0 unspecified atom stereocenters. The van der Waals surface area contributed by atoms with Gasteiger partial charge in [-0.05, 0) is 42.3 Å². The summed E-state index contributed by atoms with van der Waals surface area (Å²) >= 11 is 1.69. The summed E-state index contributed by atoms with van der Waals surface area (Å²) in [5, 5.41) is 10.2. The van der Waals surface area contributed by atoms with Gasteiger partial charge in [-0.15, -0.1) is 0 Å². The van der Waals surface area contributed by atoms with Gasteiger partial charge in [-0.3, -0.25) is 9.78 Å². The van der Waals surface area contributed by atoms with Gasteiger partial charge in [0.1, 0.15) is 5.41 Å². The minimum atomic E-state index is -0.452. The molecule has 2 aliphatic rings. The first-order valence-electron chi connectivity index (χ1n) is 11.0. The van der Waals surface area contributed by atoms with E-state index in [9.17, 15) is 4.79 Å². The summed E-state index contributed by atoms with van der Waals surface area (Å²) in [6, 6.07) is 16.5. The summed E-state index contributed by atoms with van der Waals surface area (Å²) < 4.78 is 2.24. The number of anilines is 1. The lowest BCUT2D eigenvalue weighted by molar-refractivity contribution is -0.126. The van der Waals surface area contributed by atoms with Crippen LogP contribution in [0.3, 0.4) is 0 Å². The molecule has 7 heteroatoms. The smallest absolute Gasteiger partial charge is 0.240 e. The first-order valence-corrected chi connectivity index (χ1v) is 12.1. The molecule has 0 aliphatic carbocycles. The van der Waals surface area contributed by atoms with E-state index in [1.54, 1.807) is 24.3 Å². The molecular formula is C26H23N5OS. The molecule has 2 aromatic carbocycles. The fourth-order valence-corrected chi connectivity index (χ4v) is 5.86. The Hall–Kier alpha value is -3.29. The molecule has 0 saturated carbocycles. The van der Waals surface area contributed by atoms with Gasteiger partial charge in [0, 0.05) is 41.5 Å². The number of benzene rings is 2. The van der Waals surface area contributed by atoms with Crippen LogP contribution in [-0.2, 0) is 16.8 Å². The highest BCUT2D eigenvalue weighted by Gasteiger charge is 2.57. The van der Waals surface area contributed by atoms with E-state index in [-0.39, 0.29) is 5.91 Å². The zero-order valence-electron chi connectivity index (χ0n) is 18.5. The average molecular weight is 454 g/mol. The number of carbonyl (C=O) groups excluding carboxylic acids is 1. The number of nitrogens with zero attached hydrogens (tertiary/aromatic N) is 5. The summed E-state index contributed by atoms with van der Waals surface area (Å²) in [7, 11) is 0. The lowest BCUT2D eigenvalue weighted by atomic mass is 9.76. The molecule has 1 spiro atoms. The summed E-state index contributed by atoms with van der Waals surface area (Å²) in [4.78, 5) is 20.6. The Bertz CT molecular complexity index is 1380. The highest BCUT2D eigenvalue weighted by atomic mass is 32.2. The molecule has 0 atom stereocenters. The summed E-state index contributed by atoms with van der Waals surface area (Å²) in [6.45, 7) is 3.98. The lowest BCUT2D eigenvalue weighted by Gasteiger charge is -2.45. The first kappa shape index (κ1) is 20.3. The summed E-state index contributed by atoms with van der Waals surface area (Å²) in [5.74, 6) is 0.165. The molecule has 4 heterocycles. The van der Waals surface area contributed by atoms with Crippen LogP contribution in [0, 0.1) is 6.92 Å². The first-order chi connectivity index (χ1) is 16.1. The predicted octanol–water partition coefficient (Wildman–Crippen LogP) is 4.38. The molecule has 164 valence electrons. The van der Waals surface area contributed by atoms with Crippen molar-refractivity contribution in [3.05, 3.63) is 83.9 Å². The Morgan fingerprint density at radius 3 is 2.70 bits per heavy atom. The molecule has 0 bridgehead atoms. The van der Waals surface area contributed by atoms with Gasteiger partial charge in [0.15, 0.2) is 0 Å². The van der Waals surface area contributed by atoms with Crippen molar-refractivity contribution < 1.29 is 4.79 Å². The number of aromatic nitrogens is 3. The Kier molecular flexibility index (Phi) is 4.71. The predicted molar refractivity (Wildman–Crippen MR) is 132 cm³/mol. The van der Waals surface area contributed by atoms with Crippen molar-refractivity contribution in [2.45, 2.75) is 18.9 Å². The van der Waals surface area contributed by atoms with Gasteiger partial charge in [0.2, 0.25) is 5.91 Å². The van der Waals surface area contributed by atoms with Crippen molar-refractivity contribution in [3.8, 4) is 11.1 Å². The second kappa shape index (κ2) is 7.64. The minimum absolute atomic E-state index is 0.165. The van der Waals surface area contributed by atoms with Crippen LogP contribution in [-0.4, -0.2) is 44.7 Å². The van der Waals surface area contributed by atoms with Crippen LogP contribution in [0.2, 0.25) is 0 Å². The second-order valence-corrected chi connectivity index (χ2v) is 9.65. The molecule has 0 N–H and O–H groups in total. The Labute approximate surface area is 196 Å². The van der Waals surface area contributed by atoms with E-state index in [1.807, 2.05) is 29.3 Å². The van der Waals surface area contributed by atoms with Gasteiger partial charge in [-0.2, -0.15) is 10.2 Å². The van der Waals surface area contributed by atoms with Crippen molar-refractivity contribution in [2.24, 2.45) is 0 Å². The van der Waals surface area contributed by atoms with Crippen LogP contribution in [0.15, 0.2) is 67.1 Å². The maximum Gasteiger partial charge on any atom is 0.240 e. The molecule has 1 amide bonds. The van der Waals surface area contributed by atoms with E-state index in [2.05, 4.69) is 58.0 Å². The number of para-hydroxylation sites is 1. The van der Waals surface area contributed by atoms with Gasteiger partial charge < -0.3 is 4.90 Å². The standard InChI is InChI=1S/C26H23N5OS/c1-17-7-8-20-19(11-17)12-27-22(24(20)18-9-10-28-29-13-18)14-31-23-6-4-3-5-21(23)26(25(31)32)15-30(16-26)33-2/h3-13H,14-16H2,1-2H3. The molecule has 33 heavy (non-hydrogen) atoms. The van der Waals surface area contributed by atoms with Crippen LogP contribution < -0.4 is 4.90 Å². The average Bonchev–Trinajstić information content (AvgIpc) is 3.06. The van der Waals surface area contributed by atoms with E-state index >= 15 is 0 Å². The lowest BCUT2D eigenvalue weighted by Crippen LogP contribution is -2.61. The maximum absolute atomic E-state index is 13.8. The normalized spacial score (nSPS) is 16.9. The number of fused-ring (bicyclic) bond motifs is 3. The van der Waals surface area contributed by atoms with Crippen molar-refractivity contribution in [2.75, 3.05) is 24.2 Å². The fourth-order valence-electron chi connectivity index (χ4n) is 5.16. The van der Waals surface area contributed by atoms with Crippen LogP contribution >= 0.6 is 11.9 Å². The summed E-state index contributed by atoms with van der Waals surface area (Å²) in [5.41, 5.74) is 5.68. The van der Waals surface area contributed by atoms with Crippen molar-refractivity contribution in [1.29, 1.82) is 0 Å². The molecule has 2 aromatic heterocycles. The highest BCUT2D eigenvalue weighted by Crippen LogP contribution is 2.49. The molecule has 4 aromatic rings. The molecule has 1 fully saturated rings. The number of carbonyl (C=O) groups is 1. The molecular weight excluding hydrogens is 430 g/mol. The Morgan fingerprint density at radius 1 is 1.06 bits per heavy atom. The molecule has 6 rings (SSSR count). The molecule has 2 aliphatic heterocycles. The van der Waals surface area contributed by atoms with Gasteiger partial charge in [-0.1, -0.05) is 47.8 Å². The SMILES string of the molecule is CSN1CC2(C1)C(=O)N(Cc1ncc3cc(C)ccc3c1-c1ccnnc1)c1ccccc12. The quantitative estimate of drug-likeness (QED) is 0.428. The van der Waals surface area contributed by atoms with E-state index in [0.717, 1.165) is 51.9 Å². The monoisotopic (exact) mass is 453 g/mol. The molecule has 0 radical (unpaired) electrons. The van der Waals surface area contributed by atoms with Gasteiger partial charge in [0.25, 0.3) is 0 Å². The molecule has 6 nitrogen and oxygen atoms in total. The summed E-state index contributed by atoms with van der Waals surface area (Å²) in [6.07, 6.45) is 7.44. The number of aryl methyl sites for hydroxylation is 1. The number of hydrogen-bond acceptors (Lipinski definition) is 6. The van der Waals surface area contributed by atoms with Crippen LogP contribution in [0.4, 0.5) is 5.69 Å². The van der Waals surface area contributed by atoms with Crippen LogP contribution in [0.1, 0.15) is 16.8 Å². The van der Waals surface area contributed by atoms with Gasteiger partial charge >= 0.3 is 0 Å². The zero-order chi connectivity index (χ0) is 22.6. The third-order valence-corrected chi connectivity index (χ3v) is 7.60. The maximum atomic E-state index is 13.8. The van der Waals surface area contributed by atoms with Crippen LogP contribution in [0.25, 0.3) is 21.9 Å². The highest BCUT2D eigenvalue weighted by molar-refractivity contribution is 7.96. The van der Waals surface area contributed by atoms with E-state index in [1.165, 1.54) is 5.56 Å². The van der Waals surface area contributed by atoms with E-state index in [0.29, 0.717) is 6.54 Å². The van der Waals surface area contributed by atoms with Gasteiger partial charge in [-0.25, -0.2) is 4.31 Å². The topological polar surface area (TPSA) is 62.2 Å². The van der Waals surface area contributed by atoms with Crippen LogP contribution in [0.5, 0.6) is 0 Å². The van der Waals surface area contributed by atoms with Crippen molar-refractivity contribution in [3.63, 3.8) is 0 Å². The van der Waals surface area contributed by atoms with Gasteiger partial charge in [0.05, 0.1) is 24.6 Å². The number of amides is 1. The number of pyridine rings is 1. The minimum Gasteiger partial charge on any atom is -0.305 e.